The topological polar surface area (TPSA) is 59.3 Å². The highest BCUT2D eigenvalue weighted by molar-refractivity contribution is 7.89. The van der Waals surface area contributed by atoms with Crippen molar-refractivity contribution in [3.8, 4) is 22.3 Å². The zero-order valence-electron chi connectivity index (χ0n) is 23.0. The van der Waals surface area contributed by atoms with E-state index in [0.29, 0.717) is 18.4 Å². The number of sulfonamides is 1. The van der Waals surface area contributed by atoms with Crippen LogP contribution in [-0.2, 0) is 22.9 Å². The van der Waals surface area contributed by atoms with Crippen LogP contribution in [0.5, 0.6) is 0 Å². The molecule has 0 spiro atoms. The molecule has 0 amide bonds. The zero-order chi connectivity index (χ0) is 28.9. The van der Waals surface area contributed by atoms with Crippen LogP contribution in [0.1, 0.15) is 23.3 Å². The normalized spacial score (nSPS) is 11.6. The second-order valence-electron chi connectivity index (χ2n) is 10.3. The molecule has 0 saturated heterocycles. The number of halogens is 1. The van der Waals surface area contributed by atoms with E-state index in [-0.39, 0.29) is 11.4 Å². The maximum atomic E-state index is 15.1. The molecule has 0 unspecified atom stereocenters. The fourth-order valence-corrected chi connectivity index (χ4v) is 6.40. The molecule has 4 nitrogen and oxygen atoms in total. The molecule has 42 heavy (non-hydrogen) atoms. The maximum Gasteiger partial charge on any atom is 0.243 e. The van der Waals surface area contributed by atoms with E-state index in [1.54, 1.807) is 6.07 Å². The number of para-hydroxylation sites is 1. The maximum absolute atomic E-state index is 15.1. The van der Waals surface area contributed by atoms with Crippen molar-refractivity contribution >= 4 is 21.0 Å². The van der Waals surface area contributed by atoms with Crippen molar-refractivity contribution in [1.29, 1.82) is 0 Å². The predicted octanol–water partition coefficient (Wildman–Crippen LogP) is 8.41. The molecule has 0 saturated carbocycles. The molecule has 1 N–H and O–H groups in total. The fraction of sp³-hybridized carbons (Fsp3) is 0.111. The molecule has 0 aliphatic rings. The summed E-state index contributed by atoms with van der Waals surface area (Å²) in [5, 5.41) is 1.04. The molecule has 0 bridgehead atoms. The molecule has 6 aromatic rings. The Labute approximate surface area is 245 Å². The van der Waals surface area contributed by atoms with Crippen molar-refractivity contribution < 1.29 is 17.2 Å². The summed E-state index contributed by atoms with van der Waals surface area (Å²) in [5.41, 5.74) is 6.53. The van der Waals surface area contributed by atoms with Crippen molar-refractivity contribution in [3.05, 3.63) is 150 Å². The number of nitrogens with one attached hydrogen (secondary N) is 1. The van der Waals surface area contributed by atoms with Crippen LogP contribution in [0.15, 0.2) is 137 Å². The Bertz CT molecular complexity index is 1920. The van der Waals surface area contributed by atoms with Crippen molar-refractivity contribution in [3.63, 3.8) is 0 Å². The third kappa shape index (κ3) is 6.05. The number of hydrogen-bond acceptors (Lipinski definition) is 3. The van der Waals surface area contributed by atoms with Crippen LogP contribution >= 0.6 is 0 Å². The summed E-state index contributed by atoms with van der Waals surface area (Å²) >= 11 is 0. The summed E-state index contributed by atoms with van der Waals surface area (Å²) in [7, 11) is -3.97. The first-order valence-electron chi connectivity index (χ1n) is 14.0. The van der Waals surface area contributed by atoms with Gasteiger partial charge in [0, 0.05) is 23.9 Å². The first kappa shape index (κ1) is 27.6. The molecule has 0 aliphatic heterocycles. The van der Waals surface area contributed by atoms with E-state index in [2.05, 4.69) is 22.9 Å². The SMILES string of the molecule is O=S(=O)(NCCCc1ccccc1)c1ccc(-c2ccc(-c3c(Cc4ccccc4)oc4ccccc34)cc2)cc1F. The van der Waals surface area contributed by atoms with Gasteiger partial charge >= 0.3 is 0 Å². The smallest absolute Gasteiger partial charge is 0.243 e. The van der Waals surface area contributed by atoms with Crippen LogP contribution in [0.4, 0.5) is 4.39 Å². The van der Waals surface area contributed by atoms with Gasteiger partial charge in [-0.3, -0.25) is 0 Å². The zero-order valence-corrected chi connectivity index (χ0v) is 23.8. The summed E-state index contributed by atoms with van der Waals surface area (Å²) in [6.07, 6.45) is 2.02. The number of aryl methyl sites for hydroxylation is 1. The van der Waals surface area contributed by atoms with Crippen LogP contribution < -0.4 is 4.72 Å². The summed E-state index contributed by atoms with van der Waals surface area (Å²) in [5.74, 6) is 0.102. The molecule has 5 aromatic carbocycles. The van der Waals surface area contributed by atoms with Gasteiger partial charge in [-0.15, -0.1) is 0 Å². The first-order valence-corrected chi connectivity index (χ1v) is 15.4. The minimum atomic E-state index is -3.97. The highest BCUT2D eigenvalue weighted by atomic mass is 32.2. The van der Waals surface area contributed by atoms with Crippen LogP contribution in [-0.4, -0.2) is 15.0 Å². The molecular weight excluding hydrogens is 545 g/mol. The lowest BCUT2D eigenvalue weighted by Gasteiger charge is -2.10. The van der Waals surface area contributed by atoms with E-state index >= 15 is 4.39 Å². The molecule has 1 aromatic heterocycles. The van der Waals surface area contributed by atoms with Crippen LogP contribution in [0, 0.1) is 5.82 Å². The summed E-state index contributed by atoms with van der Waals surface area (Å²) < 4.78 is 49.5. The largest absolute Gasteiger partial charge is 0.460 e. The quantitative estimate of drug-likeness (QED) is 0.167. The Balaban J connectivity index is 1.20. The minimum absolute atomic E-state index is 0.231. The van der Waals surface area contributed by atoms with Crippen molar-refractivity contribution in [2.45, 2.75) is 24.2 Å². The van der Waals surface area contributed by atoms with Crippen molar-refractivity contribution in [2.75, 3.05) is 6.54 Å². The summed E-state index contributed by atoms with van der Waals surface area (Å²) in [4.78, 5) is -0.349. The van der Waals surface area contributed by atoms with Gasteiger partial charge in [0.1, 0.15) is 22.1 Å². The van der Waals surface area contributed by atoms with Gasteiger partial charge in [-0.2, -0.15) is 0 Å². The van der Waals surface area contributed by atoms with Gasteiger partial charge in [-0.1, -0.05) is 109 Å². The average Bonchev–Trinajstić information content (AvgIpc) is 3.38. The van der Waals surface area contributed by atoms with Gasteiger partial charge in [0.2, 0.25) is 10.0 Å². The highest BCUT2D eigenvalue weighted by Crippen LogP contribution is 2.37. The second-order valence-corrected chi connectivity index (χ2v) is 12.0. The highest BCUT2D eigenvalue weighted by Gasteiger charge is 2.20. The van der Waals surface area contributed by atoms with Gasteiger partial charge in [0.15, 0.2) is 0 Å². The average molecular weight is 576 g/mol. The van der Waals surface area contributed by atoms with Gasteiger partial charge in [0.05, 0.1) is 0 Å². The lowest BCUT2D eigenvalue weighted by atomic mass is 9.96. The van der Waals surface area contributed by atoms with E-state index in [0.717, 1.165) is 51.0 Å². The molecule has 6 rings (SSSR count). The third-order valence-corrected chi connectivity index (χ3v) is 8.88. The van der Waals surface area contributed by atoms with Crippen LogP contribution in [0.25, 0.3) is 33.2 Å². The van der Waals surface area contributed by atoms with E-state index < -0.39 is 15.8 Å². The molecule has 210 valence electrons. The van der Waals surface area contributed by atoms with Crippen LogP contribution in [0.3, 0.4) is 0 Å². The number of rotatable bonds is 10. The number of hydrogen-bond donors (Lipinski definition) is 1. The lowest BCUT2D eigenvalue weighted by molar-refractivity contribution is 0.555. The second kappa shape index (κ2) is 12.1. The van der Waals surface area contributed by atoms with E-state index in [1.165, 1.54) is 12.1 Å². The molecule has 0 radical (unpaired) electrons. The Morgan fingerprint density at radius 2 is 1.29 bits per heavy atom. The van der Waals surface area contributed by atoms with E-state index in [9.17, 15) is 8.42 Å². The number of fused-ring (bicyclic) bond motifs is 1. The molecule has 1 heterocycles. The Morgan fingerprint density at radius 1 is 0.667 bits per heavy atom. The van der Waals surface area contributed by atoms with E-state index in [4.69, 9.17) is 4.42 Å². The standard InChI is InChI=1S/C36H30FNO3S/c37-32-25-30(21-22-35(32)42(39,40)38-23-9-14-26-10-3-1-4-11-26)28-17-19-29(20-18-28)36-31-15-7-8-16-33(31)41-34(36)24-27-12-5-2-6-13-27/h1-8,10-13,15-22,25,38H,9,14,23-24H2. The molecule has 6 heteroatoms. The van der Waals surface area contributed by atoms with Gasteiger partial charge in [0.25, 0.3) is 0 Å². The Hall–Kier alpha value is -4.52. The lowest BCUT2D eigenvalue weighted by Crippen LogP contribution is -2.26. The fourth-order valence-electron chi connectivity index (χ4n) is 5.27. The van der Waals surface area contributed by atoms with Gasteiger partial charge in [-0.25, -0.2) is 17.5 Å². The van der Waals surface area contributed by atoms with Gasteiger partial charge in [-0.05, 0) is 58.9 Å². The first-order chi connectivity index (χ1) is 20.5. The molecule has 0 aliphatic carbocycles. The number of furan rings is 1. The Kier molecular flexibility index (Phi) is 8.00. The third-order valence-electron chi connectivity index (χ3n) is 7.38. The summed E-state index contributed by atoms with van der Waals surface area (Å²) in [6.45, 7) is 0.231. The van der Waals surface area contributed by atoms with Gasteiger partial charge < -0.3 is 4.42 Å². The minimum Gasteiger partial charge on any atom is -0.460 e. The summed E-state index contributed by atoms with van der Waals surface area (Å²) in [6, 6.07) is 40.1. The monoisotopic (exact) mass is 575 g/mol. The Morgan fingerprint density at radius 3 is 2.00 bits per heavy atom. The van der Waals surface area contributed by atoms with Crippen molar-refractivity contribution in [1.82, 2.24) is 4.72 Å². The predicted molar refractivity (Wildman–Crippen MR) is 166 cm³/mol. The van der Waals surface area contributed by atoms with Crippen molar-refractivity contribution in [2.24, 2.45) is 0 Å². The van der Waals surface area contributed by atoms with Crippen LogP contribution in [0.2, 0.25) is 0 Å². The molecule has 0 fully saturated rings. The molecular formula is C36H30FNO3S. The van der Waals surface area contributed by atoms with E-state index in [1.807, 2.05) is 91.0 Å². The molecule has 0 atom stereocenters. The number of benzene rings is 5.